The minimum atomic E-state index is -2.79. The molecule has 0 fully saturated rings. The minimum absolute atomic E-state index is 0.0246. The Balaban J connectivity index is 2.39. The third-order valence-corrected chi connectivity index (χ3v) is 4.19. The Kier molecular flexibility index (Phi) is 7.34. The number of nitrogens with one attached hydrogen (secondary N) is 1. The molecule has 1 atom stereocenters. The number of carboxylic acid groups (broad SMARTS) is 1. The number of thiophene rings is 1. The highest BCUT2D eigenvalue weighted by molar-refractivity contribution is 7.20. The normalized spacial score (nSPS) is 12.4. The lowest BCUT2D eigenvalue weighted by Gasteiger charge is -2.13. The van der Waals surface area contributed by atoms with Crippen molar-refractivity contribution in [3.05, 3.63) is 20.3 Å². The van der Waals surface area contributed by atoms with Crippen LogP contribution in [0.2, 0.25) is 8.67 Å². The predicted molar refractivity (Wildman–Crippen MR) is 77.5 cm³/mol. The second-order valence-electron chi connectivity index (χ2n) is 4.29. The van der Waals surface area contributed by atoms with Gasteiger partial charge in [0.05, 0.1) is 8.67 Å². The Morgan fingerprint density at radius 2 is 2.05 bits per heavy atom. The van der Waals surface area contributed by atoms with Crippen molar-refractivity contribution in [1.82, 2.24) is 5.32 Å². The van der Waals surface area contributed by atoms with Gasteiger partial charge in [0.15, 0.2) is 0 Å². The first kappa shape index (κ1) is 18.1. The molecule has 1 amide bonds. The number of carboxylic acids is 1. The van der Waals surface area contributed by atoms with Crippen LogP contribution in [0.5, 0.6) is 0 Å². The van der Waals surface area contributed by atoms with Gasteiger partial charge in [-0.05, 0) is 24.5 Å². The molecule has 1 rings (SSSR count). The standard InChI is InChI=1S/C12H13Cl2F2NO3S/c13-8-4-6(11(14)21-8)2-1-3-10(18)17-7(12(19)20)5-9(15)16/h4,7,9H,1-3,5H2,(H,17,18)(H,19,20). The average Bonchev–Trinajstić information content (AvgIpc) is 2.66. The van der Waals surface area contributed by atoms with Crippen molar-refractivity contribution in [3.63, 3.8) is 0 Å². The van der Waals surface area contributed by atoms with Gasteiger partial charge < -0.3 is 10.4 Å². The summed E-state index contributed by atoms with van der Waals surface area (Å²) in [4.78, 5) is 22.3. The van der Waals surface area contributed by atoms with Crippen LogP contribution in [0.15, 0.2) is 6.07 Å². The van der Waals surface area contributed by atoms with E-state index in [1.807, 2.05) is 0 Å². The Hall–Kier alpha value is -0.920. The number of amides is 1. The monoisotopic (exact) mass is 359 g/mol. The van der Waals surface area contributed by atoms with Crippen molar-refractivity contribution >= 4 is 46.4 Å². The molecule has 118 valence electrons. The molecule has 2 N–H and O–H groups in total. The molecule has 0 saturated heterocycles. The molecule has 1 unspecified atom stereocenters. The van der Waals surface area contributed by atoms with Crippen LogP contribution < -0.4 is 5.32 Å². The number of aliphatic carboxylic acids is 1. The summed E-state index contributed by atoms with van der Waals surface area (Å²) < 4.78 is 25.4. The van der Waals surface area contributed by atoms with Gasteiger partial charge in [-0.2, -0.15) is 0 Å². The molecule has 0 aliphatic rings. The molecule has 0 aromatic carbocycles. The van der Waals surface area contributed by atoms with E-state index in [-0.39, 0.29) is 6.42 Å². The molecule has 21 heavy (non-hydrogen) atoms. The van der Waals surface area contributed by atoms with Gasteiger partial charge in [0, 0.05) is 12.8 Å². The fourth-order valence-corrected chi connectivity index (χ4v) is 3.19. The van der Waals surface area contributed by atoms with E-state index in [0.29, 0.717) is 21.5 Å². The molecule has 0 bridgehead atoms. The van der Waals surface area contributed by atoms with Gasteiger partial charge in [-0.25, -0.2) is 13.6 Å². The zero-order chi connectivity index (χ0) is 16.0. The third-order valence-electron chi connectivity index (χ3n) is 2.62. The van der Waals surface area contributed by atoms with Crippen molar-refractivity contribution in [1.29, 1.82) is 0 Å². The summed E-state index contributed by atoms with van der Waals surface area (Å²) in [7, 11) is 0. The smallest absolute Gasteiger partial charge is 0.326 e. The maximum absolute atomic E-state index is 12.2. The maximum Gasteiger partial charge on any atom is 0.326 e. The quantitative estimate of drug-likeness (QED) is 0.745. The fraction of sp³-hybridized carbons (Fsp3) is 0.500. The maximum atomic E-state index is 12.2. The number of carbonyl (C=O) groups excluding carboxylic acids is 1. The lowest BCUT2D eigenvalue weighted by atomic mass is 10.1. The number of hydrogen-bond donors (Lipinski definition) is 2. The molecule has 1 aromatic rings. The molecule has 0 spiro atoms. The van der Waals surface area contributed by atoms with E-state index in [4.69, 9.17) is 28.3 Å². The van der Waals surface area contributed by atoms with Gasteiger partial charge in [0.2, 0.25) is 12.3 Å². The summed E-state index contributed by atoms with van der Waals surface area (Å²) in [5.74, 6) is -2.06. The van der Waals surface area contributed by atoms with Crippen molar-refractivity contribution < 1.29 is 23.5 Å². The molecule has 0 saturated carbocycles. The number of rotatable bonds is 8. The van der Waals surface area contributed by atoms with Crippen LogP contribution in [0.4, 0.5) is 8.78 Å². The lowest BCUT2D eigenvalue weighted by Crippen LogP contribution is -2.41. The van der Waals surface area contributed by atoms with Crippen LogP contribution in [0.3, 0.4) is 0 Å². The van der Waals surface area contributed by atoms with Gasteiger partial charge in [0.1, 0.15) is 6.04 Å². The van der Waals surface area contributed by atoms with E-state index in [1.165, 1.54) is 11.3 Å². The molecule has 9 heteroatoms. The highest BCUT2D eigenvalue weighted by Crippen LogP contribution is 2.31. The van der Waals surface area contributed by atoms with Crippen molar-refractivity contribution in [2.75, 3.05) is 0 Å². The summed E-state index contributed by atoms with van der Waals surface area (Å²) in [6, 6.07) is 0.125. The molecule has 0 radical (unpaired) electrons. The Labute approximate surface area is 134 Å². The van der Waals surface area contributed by atoms with Crippen LogP contribution in [0.25, 0.3) is 0 Å². The summed E-state index contributed by atoms with van der Waals surface area (Å²) in [5.41, 5.74) is 0.807. The zero-order valence-electron chi connectivity index (χ0n) is 10.7. The van der Waals surface area contributed by atoms with Gasteiger partial charge in [-0.1, -0.05) is 23.2 Å². The summed E-state index contributed by atoms with van der Waals surface area (Å²) in [5, 5.41) is 10.8. The molecule has 1 heterocycles. The molecular weight excluding hydrogens is 347 g/mol. The molecular formula is C12H13Cl2F2NO3S. The molecule has 4 nitrogen and oxygen atoms in total. The van der Waals surface area contributed by atoms with Gasteiger partial charge in [-0.3, -0.25) is 4.79 Å². The highest BCUT2D eigenvalue weighted by atomic mass is 35.5. The first-order valence-corrected chi connectivity index (χ1v) is 7.61. The van der Waals surface area contributed by atoms with Crippen LogP contribution in [-0.2, 0) is 16.0 Å². The van der Waals surface area contributed by atoms with E-state index < -0.39 is 30.8 Å². The first-order chi connectivity index (χ1) is 9.79. The minimum Gasteiger partial charge on any atom is -0.480 e. The van der Waals surface area contributed by atoms with Crippen LogP contribution in [0, 0.1) is 0 Å². The molecule has 0 aliphatic carbocycles. The van der Waals surface area contributed by atoms with Crippen molar-refractivity contribution in [2.45, 2.75) is 38.2 Å². The van der Waals surface area contributed by atoms with E-state index >= 15 is 0 Å². The number of aryl methyl sites for hydroxylation is 1. The summed E-state index contributed by atoms with van der Waals surface area (Å²) in [6.07, 6.45) is -2.76. The predicted octanol–water partition coefficient (Wildman–Crippen LogP) is 3.60. The largest absolute Gasteiger partial charge is 0.480 e. The topological polar surface area (TPSA) is 66.4 Å². The number of hydrogen-bond acceptors (Lipinski definition) is 3. The van der Waals surface area contributed by atoms with E-state index in [2.05, 4.69) is 5.32 Å². The van der Waals surface area contributed by atoms with E-state index in [1.54, 1.807) is 6.07 Å². The molecule has 0 aliphatic heterocycles. The number of alkyl halides is 2. The second kappa shape index (κ2) is 8.51. The van der Waals surface area contributed by atoms with Crippen LogP contribution >= 0.6 is 34.5 Å². The van der Waals surface area contributed by atoms with Gasteiger partial charge in [-0.15, -0.1) is 11.3 Å². The van der Waals surface area contributed by atoms with E-state index in [9.17, 15) is 18.4 Å². The number of halogens is 4. The second-order valence-corrected chi connectivity index (χ2v) is 6.57. The lowest BCUT2D eigenvalue weighted by molar-refractivity contribution is -0.143. The Morgan fingerprint density at radius 1 is 1.38 bits per heavy atom. The Morgan fingerprint density at radius 3 is 2.52 bits per heavy atom. The first-order valence-electron chi connectivity index (χ1n) is 6.03. The third kappa shape index (κ3) is 6.58. The SMILES string of the molecule is O=C(CCCc1cc(Cl)sc1Cl)NC(CC(F)F)C(=O)O. The zero-order valence-corrected chi connectivity index (χ0v) is 13.1. The summed E-state index contributed by atoms with van der Waals surface area (Å²) >= 11 is 12.9. The van der Waals surface area contributed by atoms with Crippen LogP contribution in [-0.4, -0.2) is 29.5 Å². The summed E-state index contributed by atoms with van der Waals surface area (Å²) in [6.45, 7) is 0. The van der Waals surface area contributed by atoms with E-state index in [0.717, 1.165) is 5.56 Å². The average molecular weight is 360 g/mol. The van der Waals surface area contributed by atoms with Crippen LogP contribution in [0.1, 0.15) is 24.8 Å². The van der Waals surface area contributed by atoms with Gasteiger partial charge >= 0.3 is 5.97 Å². The van der Waals surface area contributed by atoms with Crippen molar-refractivity contribution in [3.8, 4) is 0 Å². The van der Waals surface area contributed by atoms with Gasteiger partial charge in [0.25, 0.3) is 0 Å². The fourth-order valence-electron chi connectivity index (χ4n) is 1.65. The highest BCUT2D eigenvalue weighted by Gasteiger charge is 2.23. The molecule has 1 aromatic heterocycles. The van der Waals surface area contributed by atoms with Crippen molar-refractivity contribution in [2.24, 2.45) is 0 Å². The Bertz CT molecular complexity index is 511. The number of carbonyl (C=O) groups is 2.